The van der Waals surface area contributed by atoms with Crippen molar-refractivity contribution in [2.75, 3.05) is 0 Å². The van der Waals surface area contributed by atoms with Crippen LogP contribution in [0.3, 0.4) is 0 Å². The molecule has 0 heterocycles. The summed E-state index contributed by atoms with van der Waals surface area (Å²) < 4.78 is 1.10. The maximum Gasteiger partial charge on any atom is 0.0495 e. The maximum atomic E-state index is 6.34. The van der Waals surface area contributed by atoms with E-state index in [9.17, 15) is 0 Å². The molecule has 0 aliphatic heterocycles. The van der Waals surface area contributed by atoms with Crippen LogP contribution in [0.2, 0.25) is 0 Å². The highest BCUT2D eigenvalue weighted by Crippen LogP contribution is 2.38. The Labute approximate surface area is 134 Å². The molecule has 0 aromatic heterocycles. The van der Waals surface area contributed by atoms with E-state index in [1.807, 2.05) is 11.8 Å². The molecule has 2 N–H and O–H groups in total. The van der Waals surface area contributed by atoms with Crippen molar-refractivity contribution >= 4 is 27.7 Å². The molecule has 2 atom stereocenters. The molecule has 0 radical (unpaired) electrons. The maximum absolute atomic E-state index is 6.34. The molecule has 3 heteroatoms. The van der Waals surface area contributed by atoms with Gasteiger partial charge in [0.15, 0.2) is 0 Å². The van der Waals surface area contributed by atoms with Crippen LogP contribution in [0.5, 0.6) is 0 Å². The predicted octanol–water partition coefficient (Wildman–Crippen LogP) is 5.33. The Kier molecular flexibility index (Phi) is 5.70. The van der Waals surface area contributed by atoms with Crippen LogP contribution in [-0.4, -0.2) is 6.04 Å². The van der Waals surface area contributed by atoms with Gasteiger partial charge in [-0.2, -0.15) is 0 Å². The minimum Gasteiger partial charge on any atom is -0.326 e. The Morgan fingerprint density at radius 3 is 2.45 bits per heavy atom. The molecule has 0 saturated heterocycles. The summed E-state index contributed by atoms with van der Waals surface area (Å²) in [5.74, 6) is 0. The summed E-state index contributed by atoms with van der Waals surface area (Å²) in [6.45, 7) is 4.25. The summed E-state index contributed by atoms with van der Waals surface area (Å²) in [5, 5.41) is 0.278. The number of hydrogen-bond acceptors (Lipinski definition) is 2. The number of aryl methyl sites for hydroxylation is 1. The van der Waals surface area contributed by atoms with E-state index in [4.69, 9.17) is 5.73 Å². The quantitative estimate of drug-likeness (QED) is 0.738. The number of benzene rings is 2. The van der Waals surface area contributed by atoms with Gasteiger partial charge in [0.1, 0.15) is 0 Å². The van der Waals surface area contributed by atoms with Gasteiger partial charge in [-0.3, -0.25) is 0 Å². The summed E-state index contributed by atoms with van der Waals surface area (Å²) in [6, 6.07) is 17.2. The minimum atomic E-state index is 0.149. The first-order valence-corrected chi connectivity index (χ1v) is 8.51. The molecule has 0 aliphatic rings. The Morgan fingerprint density at radius 1 is 1.15 bits per heavy atom. The summed E-state index contributed by atoms with van der Waals surface area (Å²) in [6.07, 6.45) is 0.968. The second-order valence-corrected chi connectivity index (χ2v) is 7.11. The molecule has 0 aliphatic carbocycles. The van der Waals surface area contributed by atoms with Crippen LogP contribution in [0.25, 0.3) is 0 Å². The zero-order chi connectivity index (χ0) is 14.5. The molecule has 1 nitrogen and oxygen atoms in total. The topological polar surface area (TPSA) is 26.0 Å². The predicted molar refractivity (Wildman–Crippen MR) is 92.2 cm³/mol. The molecule has 2 unspecified atom stereocenters. The zero-order valence-corrected chi connectivity index (χ0v) is 14.2. The normalized spacial score (nSPS) is 14.0. The van der Waals surface area contributed by atoms with Crippen LogP contribution < -0.4 is 5.73 Å². The molecule has 0 amide bonds. The second kappa shape index (κ2) is 7.30. The van der Waals surface area contributed by atoms with E-state index in [2.05, 4.69) is 78.3 Å². The molecule has 2 aromatic rings. The third-order valence-corrected chi connectivity index (χ3v) is 5.23. The lowest BCUT2D eigenvalue weighted by Gasteiger charge is -2.23. The molecule has 0 fully saturated rings. The van der Waals surface area contributed by atoms with Gasteiger partial charge in [0, 0.05) is 20.7 Å². The molecule has 106 valence electrons. The SMILES string of the molecule is CCC(N)C(Sc1ccc(C)cc1)c1cccc(Br)c1. The smallest absolute Gasteiger partial charge is 0.0495 e. The lowest BCUT2D eigenvalue weighted by Crippen LogP contribution is -2.25. The summed E-state index contributed by atoms with van der Waals surface area (Å²) in [7, 11) is 0. The number of nitrogens with two attached hydrogens (primary N) is 1. The fraction of sp³-hybridized carbons (Fsp3) is 0.294. The van der Waals surface area contributed by atoms with Gasteiger partial charge in [-0.15, -0.1) is 11.8 Å². The molecule has 0 bridgehead atoms. The Bertz CT molecular complexity index is 553. The van der Waals surface area contributed by atoms with Crippen LogP contribution in [0.4, 0.5) is 0 Å². The highest BCUT2D eigenvalue weighted by atomic mass is 79.9. The highest BCUT2D eigenvalue weighted by molar-refractivity contribution is 9.10. The second-order valence-electron chi connectivity index (χ2n) is 4.98. The third kappa shape index (κ3) is 4.11. The van der Waals surface area contributed by atoms with E-state index < -0.39 is 0 Å². The van der Waals surface area contributed by atoms with Gasteiger partial charge in [0.05, 0.1) is 0 Å². The van der Waals surface area contributed by atoms with Gasteiger partial charge in [-0.25, -0.2) is 0 Å². The van der Waals surface area contributed by atoms with Crippen LogP contribution in [-0.2, 0) is 0 Å². The van der Waals surface area contributed by atoms with Gasteiger partial charge < -0.3 is 5.73 Å². The van der Waals surface area contributed by atoms with Crippen molar-refractivity contribution in [3.63, 3.8) is 0 Å². The van der Waals surface area contributed by atoms with Crippen molar-refractivity contribution in [1.82, 2.24) is 0 Å². The Morgan fingerprint density at radius 2 is 1.85 bits per heavy atom. The minimum absolute atomic E-state index is 0.149. The van der Waals surface area contributed by atoms with Crippen molar-refractivity contribution in [3.05, 3.63) is 64.1 Å². The van der Waals surface area contributed by atoms with E-state index in [0.717, 1.165) is 10.9 Å². The average Bonchev–Trinajstić information content (AvgIpc) is 2.46. The van der Waals surface area contributed by atoms with E-state index >= 15 is 0 Å². The Balaban J connectivity index is 2.26. The number of hydrogen-bond donors (Lipinski definition) is 1. The third-order valence-electron chi connectivity index (χ3n) is 3.32. The van der Waals surface area contributed by atoms with Crippen molar-refractivity contribution in [1.29, 1.82) is 0 Å². The lowest BCUT2D eigenvalue weighted by molar-refractivity contribution is 0.634. The molecule has 2 aromatic carbocycles. The molecular formula is C17H20BrNS. The molecule has 0 spiro atoms. The van der Waals surface area contributed by atoms with Gasteiger partial charge >= 0.3 is 0 Å². The molecule has 0 saturated carbocycles. The summed E-state index contributed by atoms with van der Waals surface area (Å²) in [4.78, 5) is 1.27. The van der Waals surface area contributed by atoms with Crippen LogP contribution >= 0.6 is 27.7 Å². The molecule has 2 rings (SSSR count). The first-order valence-electron chi connectivity index (χ1n) is 6.84. The summed E-state index contributed by atoms with van der Waals surface area (Å²) in [5.41, 5.74) is 8.90. The number of halogens is 1. The largest absolute Gasteiger partial charge is 0.326 e. The van der Waals surface area contributed by atoms with Crippen LogP contribution in [0.15, 0.2) is 57.9 Å². The fourth-order valence-electron chi connectivity index (χ4n) is 2.06. The van der Waals surface area contributed by atoms with Gasteiger partial charge in [-0.05, 0) is 43.2 Å². The van der Waals surface area contributed by atoms with Gasteiger partial charge in [0.25, 0.3) is 0 Å². The van der Waals surface area contributed by atoms with E-state index in [-0.39, 0.29) is 11.3 Å². The van der Waals surface area contributed by atoms with E-state index in [1.54, 1.807) is 0 Å². The fourth-order valence-corrected chi connectivity index (χ4v) is 3.72. The zero-order valence-electron chi connectivity index (χ0n) is 11.8. The Hall–Kier alpha value is -0.770. The van der Waals surface area contributed by atoms with Crippen LogP contribution in [0, 0.1) is 6.92 Å². The van der Waals surface area contributed by atoms with Gasteiger partial charge in [-0.1, -0.05) is 52.7 Å². The first kappa shape index (κ1) is 15.6. The van der Waals surface area contributed by atoms with Crippen molar-refractivity contribution in [2.45, 2.75) is 36.5 Å². The lowest BCUT2D eigenvalue weighted by atomic mass is 10.0. The molecule has 20 heavy (non-hydrogen) atoms. The van der Waals surface area contributed by atoms with Gasteiger partial charge in [0.2, 0.25) is 0 Å². The standard InChI is InChI=1S/C17H20BrNS/c1-3-16(19)17(13-5-4-6-14(18)11-13)20-15-9-7-12(2)8-10-15/h4-11,16-17H,3,19H2,1-2H3. The van der Waals surface area contributed by atoms with E-state index in [1.165, 1.54) is 16.0 Å². The first-order chi connectivity index (χ1) is 9.60. The highest BCUT2D eigenvalue weighted by Gasteiger charge is 2.20. The number of thioether (sulfide) groups is 1. The molecular weight excluding hydrogens is 330 g/mol. The van der Waals surface area contributed by atoms with Crippen molar-refractivity contribution < 1.29 is 0 Å². The van der Waals surface area contributed by atoms with E-state index in [0.29, 0.717) is 0 Å². The average molecular weight is 350 g/mol. The summed E-state index contributed by atoms with van der Waals surface area (Å²) >= 11 is 5.39. The van der Waals surface area contributed by atoms with Crippen LogP contribution in [0.1, 0.15) is 29.7 Å². The van der Waals surface area contributed by atoms with Crippen molar-refractivity contribution in [3.8, 4) is 0 Å². The number of rotatable bonds is 5. The monoisotopic (exact) mass is 349 g/mol. The van der Waals surface area contributed by atoms with Crippen molar-refractivity contribution in [2.24, 2.45) is 5.73 Å².